The summed E-state index contributed by atoms with van der Waals surface area (Å²) in [5.74, 6) is 0.0327. The number of rotatable bonds is 4. The molecule has 3 unspecified atom stereocenters. The number of carbonyl (C=O) groups is 2. The number of hydrogen-bond acceptors (Lipinski definition) is 3. The van der Waals surface area contributed by atoms with Gasteiger partial charge in [-0.25, -0.2) is 4.79 Å². The number of Topliss-reactive ketones (excluding diaryl/α,β-unsaturated/α-hetero) is 1. The highest BCUT2D eigenvalue weighted by Crippen LogP contribution is 2.31. The molecule has 114 valence electrons. The van der Waals surface area contributed by atoms with E-state index >= 15 is 0 Å². The van der Waals surface area contributed by atoms with Crippen molar-refractivity contribution in [3.05, 3.63) is 48.0 Å². The first kappa shape index (κ1) is 15.3. The summed E-state index contributed by atoms with van der Waals surface area (Å²) in [6.07, 6.45) is 0.267. The molecule has 1 N–H and O–H groups in total. The van der Waals surface area contributed by atoms with Crippen LogP contribution in [-0.2, 0) is 26.2 Å². The Bertz CT molecular complexity index is 725. The summed E-state index contributed by atoms with van der Waals surface area (Å²) in [5, 5.41) is 11.2. The van der Waals surface area contributed by atoms with Gasteiger partial charge in [-0.3, -0.25) is 4.79 Å². The number of fused-ring (bicyclic) bond motifs is 1. The van der Waals surface area contributed by atoms with E-state index in [1.165, 1.54) is 5.39 Å². The zero-order valence-corrected chi connectivity index (χ0v) is 13.3. The summed E-state index contributed by atoms with van der Waals surface area (Å²) in [4.78, 5) is 24.7. The van der Waals surface area contributed by atoms with E-state index in [1.54, 1.807) is 0 Å². The molecular formula is C18H19O3S+. The maximum Gasteiger partial charge on any atom is 0.342 e. The minimum Gasteiger partial charge on any atom is -0.396 e. The lowest BCUT2D eigenvalue weighted by Crippen LogP contribution is -2.22. The van der Waals surface area contributed by atoms with Gasteiger partial charge in [0.05, 0.1) is 10.9 Å². The minimum absolute atomic E-state index is 0.00294. The largest absolute Gasteiger partial charge is 0.396 e. The van der Waals surface area contributed by atoms with Crippen molar-refractivity contribution in [3.8, 4) is 0 Å². The number of carbonyl (C=O) groups excluding carboxylic acids is 2. The topological polar surface area (TPSA) is 54.4 Å². The SMILES string of the molecule is CC1C(=O)C(CCO)C(=O)[S+]1Cc1ccc2ccccc2c1. The normalized spacial score (nSPS) is 25.1. The van der Waals surface area contributed by atoms with Crippen LogP contribution in [-0.4, -0.2) is 27.9 Å². The first-order chi connectivity index (χ1) is 10.6. The van der Waals surface area contributed by atoms with Gasteiger partial charge in [-0.1, -0.05) is 36.4 Å². The van der Waals surface area contributed by atoms with E-state index in [4.69, 9.17) is 5.11 Å². The zero-order valence-electron chi connectivity index (χ0n) is 12.5. The summed E-state index contributed by atoms with van der Waals surface area (Å²) < 4.78 is 0. The maximum absolute atomic E-state index is 12.5. The van der Waals surface area contributed by atoms with Gasteiger partial charge >= 0.3 is 5.12 Å². The van der Waals surface area contributed by atoms with Crippen molar-refractivity contribution < 1.29 is 14.7 Å². The molecule has 4 heteroatoms. The summed E-state index contributed by atoms with van der Waals surface area (Å²) in [6.45, 7) is 1.74. The van der Waals surface area contributed by atoms with Gasteiger partial charge < -0.3 is 5.11 Å². The molecular weight excluding hydrogens is 296 g/mol. The first-order valence-electron chi connectivity index (χ1n) is 7.47. The van der Waals surface area contributed by atoms with Gasteiger partial charge in [-0.15, -0.1) is 0 Å². The Morgan fingerprint density at radius 2 is 1.82 bits per heavy atom. The van der Waals surface area contributed by atoms with Gasteiger partial charge in [0.1, 0.15) is 11.7 Å². The number of aliphatic hydroxyl groups is 1. The molecule has 2 aromatic carbocycles. The van der Waals surface area contributed by atoms with Gasteiger partial charge in [-0.2, -0.15) is 0 Å². The second-order valence-electron chi connectivity index (χ2n) is 5.68. The average molecular weight is 315 g/mol. The third-order valence-corrected chi connectivity index (χ3v) is 6.80. The molecule has 1 aliphatic rings. The van der Waals surface area contributed by atoms with Crippen LogP contribution in [0.4, 0.5) is 0 Å². The van der Waals surface area contributed by atoms with E-state index in [2.05, 4.69) is 24.3 Å². The molecule has 1 aliphatic heterocycles. The Morgan fingerprint density at radius 1 is 1.09 bits per heavy atom. The summed E-state index contributed by atoms with van der Waals surface area (Å²) in [6, 6.07) is 14.3. The summed E-state index contributed by atoms with van der Waals surface area (Å²) in [5.41, 5.74) is 1.10. The molecule has 3 nitrogen and oxygen atoms in total. The van der Waals surface area contributed by atoms with Gasteiger partial charge in [0.15, 0.2) is 5.25 Å². The zero-order chi connectivity index (χ0) is 15.7. The van der Waals surface area contributed by atoms with Crippen LogP contribution in [0.3, 0.4) is 0 Å². The predicted molar refractivity (Wildman–Crippen MR) is 89.7 cm³/mol. The average Bonchev–Trinajstić information content (AvgIpc) is 2.73. The van der Waals surface area contributed by atoms with E-state index < -0.39 is 16.8 Å². The number of hydrogen-bond donors (Lipinski definition) is 1. The molecule has 0 amide bonds. The van der Waals surface area contributed by atoms with Crippen molar-refractivity contribution >= 4 is 32.6 Å². The van der Waals surface area contributed by atoms with Crippen LogP contribution in [0.2, 0.25) is 0 Å². The first-order valence-corrected chi connectivity index (χ1v) is 8.93. The van der Waals surface area contributed by atoms with Crippen molar-refractivity contribution in [2.24, 2.45) is 5.92 Å². The standard InChI is InChI=1S/C18H19O3S/c1-12-17(20)16(8-9-19)18(21)22(12)11-13-6-7-14-4-2-3-5-15(14)10-13/h2-7,10,12,16,19H,8-9,11H2,1H3/q+1. The molecule has 0 saturated carbocycles. The van der Waals surface area contributed by atoms with Crippen molar-refractivity contribution in [3.63, 3.8) is 0 Å². The summed E-state index contributed by atoms with van der Waals surface area (Å²) >= 11 is 0. The lowest BCUT2D eigenvalue weighted by molar-refractivity contribution is -0.127. The van der Waals surface area contributed by atoms with Gasteiger partial charge in [0, 0.05) is 12.2 Å². The molecule has 3 rings (SSSR count). The minimum atomic E-state index is -0.594. The second kappa shape index (κ2) is 6.23. The molecule has 1 fully saturated rings. The van der Waals surface area contributed by atoms with Crippen molar-refractivity contribution in [1.29, 1.82) is 0 Å². The number of benzene rings is 2. The van der Waals surface area contributed by atoms with E-state index in [1.807, 2.05) is 25.1 Å². The summed E-state index contributed by atoms with van der Waals surface area (Å²) in [7, 11) is -0.572. The fraction of sp³-hybridized carbons (Fsp3) is 0.333. The van der Waals surface area contributed by atoms with E-state index in [-0.39, 0.29) is 29.2 Å². The highest BCUT2D eigenvalue weighted by Gasteiger charge is 2.55. The second-order valence-corrected chi connectivity index (χ2v) is 7.94. The van der Waals surface area contributed by atoms with E-state index in [9.17, 15) is 9.59 Å². The molecule has 3 atom stereocenters. The molecule has 0 radical (unpaired) electrons. The quantitative estimate of drug-likeness (QED) is 0.696. The van der Waals surface area contributed by atoms with Crippen LogP contribution in [0, 0.1) is 5.92 Å². The van der Waals surface area contributed by atoms with E-state index in [0.29, 0.717) is 5.75 Å². The third-order valence-electron chi connectivity index (χ3n) is 4.27. The van der Waals surface area contributed by atoms with Crippen LogP contribution in [0.25, 0.3) is 10.8 Å². The smallest absolute Gasteiger partial charge is 0.342 e. The molecule has 1 saturated heterocycles. The number of ketones is 1. The lowest BCUT2D eigenvalue weighted by Gasteiger charge is -2.05. The molecule has 0 aromatic heterocycles. The van der Waals surface area contributed by atoms with Crippen LogP contribution >= 0.6 is 0 Å². The maximum atomic E-state index is 12.5. The molecule has 2 aromatic rings. The third kappa shape index (κ3) is 2.69. The van der Waals surface area contributed by atoms with Crippen LogP contribution < -0.4 is 0 Å². The van der Waals surface area contributed by atoms with Gasteiger partial charge in [-0.05, 0) is 30.2 Å². The highest BCUT2D eigenvalue weighted by atomic mass is 32.2. The fourth-order valence-corrected chi connectivity index (χ4v) is 5.31. The Kier molecular flexibility index (Phi) is 4.32. The van der Waals surface area contributed by atoms with E-state index in [0.717, 1.165) is 10.9 Å². The number of aliphatic hydroxyl groups excluding tert-OH is 1. The van der Waals surface area contributed by atoms with Gasteiger partial charge in [0.2, 0.25) is 5.78 Å². The molecule has 0 bridgehead atoms. The Morgan fingerprint density at radius 3 is 2.55 bits per heavy atom. The molecule has 1 heterocycles. The van der Waals surface area contributed by atoms with Gasteiger partial charge in [0.25, 0.3) is 0 Å². The monoisotopic (exact) mass is 315 g/mol. The van der Waals surface area contributed by atoms with Crippen molar-refractivity contribution in [2.45, 2.75) is 24.3 Å². The Balaban J connectivity index is 1.84. The van der Waals surface area contributed by atoms with Crippen molar-refractivity contribution in [1.82, 2.24) is 0 Å². The predicted octanol–water partition coefficient (Wildman–Crippen LogP) is 2.45. The Hall–Kier alpha value is -1.65. The van der Waals surface area contributed by atoms with Crippen molar-refractivity contribution in [2.75, 3.05) is 6.61 Å². The molecule has 22 heavy (non-hydrogen) atoms. The van der Waals surface area contributed by atoms with Crippen LogP contribution in [0.5, 0.6) is 0 Å². The van der Waals surface area contributed by atoms with Crippen LogP contribution in [0.15, 0.2) is 42.5 Å². The highest BCUT2D eigenvalue weighted by molar-refractivity contribution is 8.12. The molecule has 0 aliphatic carbocycles. The lowest BCUT2D eigenvalue weighted by atomic mass is 10.0. The van der Waals surface area contributed by atoms with Crippen LogP contribution in [0.1, 0.15) is 18.9 Å². The Labute approximate surface area is 132 Å². The fourth-order valence-electron chi connectivity index (χ4n) is 2.99. The molecule has 0 spiro atoms.